The van der Waals surface area contributed by atoms with Gasteiger partial charge in [0, 0.05) is 25.0 Å². The lowest BCUT2D eigenvalue weighted by Crippen LogP contribution is -2.31. The highest BCUT2D eigenvalue weighted by molar-refractivity contribution is 4.83. The molecule has 0 heterocycles. The summed E-state index contributed by atoms with van der Waals surface area (Å²) in [5.41, 5.74) is 0.174. The van der Waals surface area contributed by atoms with Gasteiger partial charge in [0.2, 0.25) is 0 Å². The second-order valence-corrected chi connectivity index (χ2v) is 3.02. The van der Waals surface area contributed by atoms with E-state index in [2.05, 4.69) is 31.4 Å². The average Bonchev–Trinajstić information content (AvgIpc) is 1.63. The van der Waals surface area contributed by atoms with Crippen molar-refractivity contribution in [3.05, 3.63) is 12.4 Å². The summed E-state index contributed by atoms with van der Waals surface area (Å²) in [5.74, 6) is 0. The van der Waals surface area contributed by atoms with E-state index in [1.54, 1.807) is 0 Å². The van der Waals surface area contributed by atoms with Crippen molar-refractivity contribution in [1.82, 2.24) is 10.6 Å². The predicted octanol–water partition coefficient (Wildman–Crippen LogP) is 1.07. The molecule has 0 aliphatic carbocycles. The number of nitrogens with one attached hydrogen (secondary N) is 2. The summed E-state index contributed by atoms with van der Waals surface area (Å²) in [4.78, 5) is 0. The van der Waals surface area contributed by atoms with Crippen LogP contribution in [-0.4, -0.2) is 12.6 Å². The van der Waals surface area contributed by atoms with Crippen LogP contribution in [0, 0.1) is 0 Å². The molecule has 2 nitrogen and oxygen atoms in total. The molecule has 0 aliphatic heterocycles. The Morgan fingerprint density at radius 2 is 1.67 bits per heavy atom. The van der Waals surface area contributed by atoms with Crippen LogP contribution in [0.3, 0.4) is 0 Å². The Bertz CT molecular complexity index is 89.6. The molecule has 2 heteroatoms. The van der Waals surface area contributed by atoms with Crippen LogP contribution in [0.15, 0.2) is 12.4 Å². The fraction of sp³-hybridized carbons (Fsp3) is 0.714. The van der Waals surface area contributed by atoms with Gasteiger partial charge in [0.1, 0.15) is 0 Å². The first-order valence-corrected chi connectivity index (χ1v) is 3.16. The van der Waals surface area contributed by atoms with Crippen molar-refractivity contribution < 1.29 is 0 Å². The lowest BCUT2D eigenvalue weighted by Gasteiger charge is -2.18. The van der Waals surface area contributed by atoms with Crippen LogP contribution in [0.25, 0.3) is 0 Å². The Morgan fingerprint density at radius 3 is 2.00 bits per heavy atom. The van der Waals surface area contributed by atoms with Crippen molar-refractivity contribution in [2.24, 2.45) is 0 Å². The van der Waals surface area contributed by atoms with Crippen LogP contribution in [0.2, 0.25) is 0 Å². The van der Waals surface area contributed by atoms with Gasteiger partial charge in [-0.2, -0.15) is 0 Å². The highest BCUT2D eigenvalue weighted by Gasteiger charge is 2.03. The Kier molecular flexibility index (Phi) is 3.13. The third-order valence-corrected chi connectivity index (χ3v) is 0.766. The molecule has 0 aliphatic rings. The molecule has 0 atom stereocenters. The maximum atomic E-state index is 3.18. The van der Waals surface area contributed by atoms with E-state index in [1.165, 1.54) is 0 Å². The molecule has 0 saturated carbocycles. The zero-order chi connectivity index (χ0) is 7.33. The zero-order valence-corrected chi connectivity index (χ0v) is 6.65. The fourth-order valence-corrected chi connectivity index (χ4v) is 0.375. The largest absolute Gasteiger partial charge is 0.393 e. The molecule has 0 spiro atoms. The predicted molar refractivity (Wildman–Crippen MR) is 41.1 cm³/mol. The minimum atomic E-state index is 0.174. The molecule has 54 valence electrons. The van der Waals surface area contributed by atoms with Crippen molar-refractivity contribution >= 4 is 0 Å². The van der Waals surface area contributed by atoms with E-state index in [0.29, 0.717) is 0 Å². The molecular formula is C7H16N2. The Balaban J connectivity index is 3.38. The van der Waals surface area contributed by atoms with Crippen LogP contribution in [0.4, 0.5) is 0 Å². The minimum absolute atomic E-state index is 0.174. The van der Waals surface area contributed by atoms with Crippen LogP contribution in [0.5, 0.6) is 0 Å². The van der Waals surface area contributed by atoms with Gasteiger partial charge in [-0.05, 0) is 20.8 Å². The van der Waals surface area contributed by atoms with Crippen LogP contribution >= 0.6 is 0 Å². The van der Waals surface area contributed by atoms with E-state index in [4.69, 9.17) is 0 Å². The highest BCUT2D eigenvalue weighted by Crippen LogP contribution is 1.96. The molecule has 0 aromatic carbocycles. The molecule has 0 aromatic heterocycles. The number of hydrogen-bond donors (Lipinski definition) is 2. The zero-order valence-electron chi connectivity index (χ0n) is 6.65. The fourth-order valence-electron chi connectivity index (χ4n) is 0.375. The normalized spacial score (nSPS) is 12.0. The van der Waals surface area contributed by atoms with Crippen LogP contribution in [0.1, 0.15) is 20.8 Å². The van der Waals surface area contributed by atoms with Gasteiger partial charge in [-0.1, -0.05) is 0 Å². The molecule has 9 heavy (non-hydrogen) atoms. The van der Waals surface area contributed by atoms with Crippen molar-refractivity contribution in [2.75, 3.05) is 7.05 Å². The van der Waals surface area contributed by atoms with E-state index < -0.39 is 0 Å². The Labute approximate surface area is 57.3 Å². The van der Waals surface area contributed by atoms with Gasteiger partial charge < -0.3 is 10.6 Å². The summed E-state index contributed by atoms with van der Waals surface area (Å²) in [6, 6.07) is 0. The van der Waals surface area contributed by atoms with Gasteiger partial charge in [-0.25, -0.2) is 0 Å². The molecule has 2 N–H and O–H groups in total. The Hall–Kier alpha value is -0.660. The van der Waals surface area contributed by atoms with Gasteiger partial charge in [0.25, 0.3) is 0 Å². The summed E-state index contributed by atoms with van der Waals surface area (Å²) in [7, 11) is 1.88. The lowest BCUT2D eigenvalue weighted by atomic mass is 10.1. The van der Waals surface area contributed by atoms with Gasteiger partial charge in [-0.3, -0.25) is 0 Å². The monoisotopic (exact) mass is 128 g/mol. The average molecular weight is 128 g/mol. The van der Waals surface area contributed by atoms with E-state index in [1.807, 2.05) is 19.4 Å². The molecule has 0 rings (SSSR count). The summed E-state index contributed by atoms with van der Waals surface area (Å²) in [5, 5.41) is 6.08. The summed E-state index contributed by atoms with van der Waals surface area (Å²) >= 11 is 0. The van der Waals surface area contributed by atoms with Gasteiger partial charge in [-0.15, -0.1) is 0 Å². The third kappa shape index (κ3) is 7.34. The molecule has 0 aromatic rings. The van der Waals surface area contributed by atoms with Crippen molar-refractivity contribution in [3.63, 3.8) is 0 Å². The maximum Gasteiger partial charge on any atom is 0.0284 e. The molecular weight excluding hydrogens is 112 g/mol. The first kappa shape index (κ1) is 8.34. The van der Waals surface area contributed by atoms with Gasteiger partial charge in [0.05, 0.1) is 0 Å². The highest BCUT2D eigenvalue weighted by atomic mass is 14.9. The molecule has 0 saturated heterocycles. The number of rotatable bonds is 2. The van der Waals surface area contributed by atoms with E-state index >= 15 is 0 Å². The van der Waals surface area contributed by atoms with E-state index in [9.17, 15) is 0 Å². The smallest absolute Gasteiger partial charge is 0.0284 e. The summed E-state index contributed by atoms with van der Waals surface area (Å²) in [6.45, 7) is 6.35. The third-order valence-electron chi connectivity index (χ3n) is 0.766. The SMILES string of the molecule is CN/C=C/NC(C)(C)C. The maximum absolute atomic E-state index is 3.18. The minimum Gasteiger partial charge on any atom is -0.393 e. The van der Waals surface area contributed by atoms with Crippen molar-refractivity contribution in [2.45, 2.75) is 26.3 Å². The number of hydrogen-bond acceptors (Lipinski definition) is 2. The van der Waals surface area contributed by atoms with Gasteiger partial charge in [0.15, 0.2) is 0 Å². The van der Waals surface area contributed by atoms with Crippen molar-refractivity contribution in [1.29, 1.82) is 0 Å². The molecule has 0 bridgehead atoms. The molecule has 0 unspecified atom stereocenters. The quantitative estimate of drug-likeness (QED) is 0.581. The van der Waals surface area contributed by atoms with E-state index in [0.717, 1.165) is 0 Å². The lowest BCUT2D eigenvalue weighted by molar-refractivity contribution is 0.490. The first-order valence-electron chi connectivity index (χ1n) is 3.16. The summed E-state index contributed by atoms with van der Waals surface area (Å²) in [6.07, 6.45) is 3.77. The van der Waals surface area contributed by atoms with Crippen LogP contribution < -0.4 is 10.6 Å². The van der Waals surface area contributed by atoms with Gasteiger partial charge >= 0.3 is 0 Å². The standard InChI is InChI=1S/C7H16N2/c1-7(2,3)9-6-5-8-4/h5-6,8-9H,1-4H3/b6-5+. The van der Waals surface area contributed by atoms with Crippen molar-refractivity contribution in [3.8, 4) is 0 Å². The molecule has 0 amide bonds. The first-order chi connectivity index (χ1) is 4.06. The van der Waals surface area contributed by atoms with E-state index in [-0.39, 0.29) is 5.54 Å². The van der Waals surface area contributed by atoms with Crippen LogP contribution in [-0.2, 0) is 0 Å². The Morgan fingerprint density at radius 1 is 1.11 bits per heavy atom. The summed E-state index contributed by atoms with van der Waals surface area (Å²) < 4.78 is 0. The second kappa shape index (κ2) is 3.38. The molecule has 0 fully saturated rings. The second-order valence-electron chi connectivity index (χ2n) is 3.02. The topological polar surface area (TPSA) is 24.1 Å². The molecule has 0 radical (unpaired) electrons.